The second-order valence-electron chi connectivity index (χ2n) is 7.26. The van der Waals surface area contributed by atoms with Crippen molar-refractivity contribution in [3.8, 4) is 0 Å². The van der Waals surface area contributed by atoms with Gasteiger partial charge in [-0.25, -0.2) is 0 Å². The van der Waals surface area contributed by atoms with E-state index in [1.807, 2.05) is 36.5 Å². The lowest BCUT2D eigenvalue weighted by molar-refractivity contribution is -0.116. The summed E-state index contributed by atoms with van der Waals surface area (Å²) < 4.78 is 7.61. The average molecular weight is 391 g/mol. The van der Waals surface area contributed by atoms with Crippen LogP contribution in [0, 0.1) is 0 Å². The Morgan fingerprint density at radius 1 is 1.07 bits per heavy atom. The molecule has 29 heavy (non-hydrogen) atoms. The fourth-order valence-electron chi connectivity index (χ4n) is 3.67. The van der Waals surface area contributed by atoms with Gasteiger partial charge in [0.25, 0.3) is 5.91 Å². The number of nitrogens with one attached hydrogen (secondary N) is 2. The fraction of sp³-hybridized carbons (Fsp3) is 0.304. The van der Waals surface area contributed by atoms with Gasteiger partial charge in [-0.15, -0.1) is 0 Å². The number of anilines is 1. The number of carbonyl (C=O) groups excluding carboxylic acids is 2. The molecule has 2 N–H and O–H groups in total. The number of hydrogen-bond acceptors (Lipinski definition) is 3. The maximum absolute atomic E-state index is 12.6. The average Bonchev–Trinajstić information content (AvgIpc) is 3.41. The molecule has 1 saturated heterocycles. The summed E-state index contributed by atoms with van der Waals surface area (Å²) in [5.41, 5.74) is 2.10. The van der Waals surface area contributed by atoms with Crippen LogP contribution in [-0.4, -0.2) is 35.6 Å². The van der Waals surface area contributed by atoms with Crippen molar-refractivity contribution in [2.75, 3.05) is 18.5 Å². The minimum absolute atomic E-state index is 0.0806. The summed E-state index contributed by atoms with van der Waals surface area (Å²) in [5.74, 6) is -0.324. The first-order valence-electron chi connectivity index (χ1n) is 10.0. The summed E-state index contributed by atoms with van der Waals surface area (Å²) in [7, 11) is 0. The number of amides is 2. The normalized spacial score (nSPS) is 16.1. The molecule has 1 atom stereocenters. The standard InChI is InChI=1S/C23H25N3O3/c27-22(12-14-26-13-11-17-6-1-4-10-21(17)26)25-20-9-3-2-8-19(20)23(28)24-16-18-7-5-15-29-18/h1-4,6,8-11,13,18H,5,7,12,14-16H2,(H,24,28)(H,25,27). The van der Waals surface area contributed by atoms with Gasteiger partial charge in [-0.3, -0.25) is 9.59 Å². The summed E-state index contributed by atoms with van der Waals surface area (Å²) >= 11 is 0. The molecule has 6 heteroatoms. The van der Waals surface area contributed by atoms with E-state index in [1.165, 1.54) is 0 Å². The molecular formula is C23H25N3O3. The van der Waals surface area contributed by atoms with E-state index < -0.39 is 0 Å². The number of aromatic nitrogens is 1. The number of para-hydroxylation sites is 2. The molecule has 1 aliphatic heterocycles. The number of nitrogens with zero attached hydrogens (tertiary/aromatic N) is 1. The van der Waals surface area contributed by atoms with Gasteiger partial charge in [-0.1, -0.05) is 30.3 Å². The second-order valence-corrected chi connectivity index (χ2v) is 7.26. The van der Waals surface area contributed by atoms with Crippen LogP contribution >= 0.6 is 0 Å². The molecule has 0 aliphatic carbocycles. The molecule has 0 bridgehead atoms. The lowest BCUT2D eigenvalue weighted by Crippen LogP contribution is -2.32. The first-order chi connectivity index (χ1) is 14.2. The summed E-state index contributed by atoms with van der Waals surface area (Å²) in [4.78, 5) is 25.1. The van der Waals surface area contributed by atoms with Crippen LogP contribution in [0.5, 0.6) is 0 Å². The highest BCUT2D eigenvalue weighted by molar-refractivity contribution is 6.03. The van der Waals surface area contributed by atoms with Gasteiger partial charge in [0.2, 0.25) is 5.91 Å². The number of hydrogen-bond donors (Lipinski definition) is 2. The Bertz CT molecular complexity index is 1010. The maximum Gasteiger partial charge on any atom is 0.253 e. The van der Waals surface area contributed by atoms with Crippen LogP contribution in [-0.2, 0) is 16.1 Å². The Hall–Kier alpha value is -3.12. The molecule has 1 aromatic heterocycles. The van der Waals surface area contributed by atoms with Crippen molar-refractivity contribution in [3.63, 3.8) is 0 Å². The van der Waals surface area contributed by atoms with E-state index in [9.17, 15) is 9.59 Å². The maximum atomic E-state index is 12.6. The van der Waals surface area contributed by atoms with E-state index in [0.717, 1.165) is 30.4 Å². The third kappa shape index (κ3) is 4.66. The smallest absolute Gasteiger partial charge is 0.253 e. The van der Waals surface area contributed by atoms with Crippen LogP contribution in [0.1, 0.15) is 29.6 Å². The SMILES string of the molecule is O=C(CCn1ccc2ccccc21)Nc1ccccc1C(=O)NCC1CCCO1. The van der Waals surface area contributed by atoms with Gasteiger partial charge >= 0.3 is 0 Å². The van der Waals surface area contributed by atoms with Crippen molar-refractivity contribution in [1.82, 2.24) is 9.88 Å². The van der Waals surface area contributed by atoms with Crippen molar-refractivity contribution < 1.29 is 14.3 Å². The molecule has 3 aromatic rings. The molecule has 4 rings (SSSR count). The van der Waals surface area contributed by atoms with Gasteiger partial charge in [0.15, 0.2) is 0 Å². The van der Waals surface area contributed by atoms with Gasteiger partial charge in [-0.2, -0.15) is 0 Å². The Morgan fingerprint density at radius 2 is 1.90 bits per heavy atom. The van der Waals surface area contributed by atoms with Crippen molar-refractivity contribution >= 4 is 28.4 Å². The molecular weight excluding hydrogens is 366 g/mol. The van der Waals surface area contributed by atoms with Crippen molar-refractivity contribution in [2.45, 2.75) is 31.9 Å². The predicted molar refractivity (Wildman–Crippen MR) is 113 cm³/mol. The van der Waals surface area contributed by atoms with E-state index >= 15 is 0 Å². The highest BCUT2D eigenvalue weighted by Crippen LogP contribution is 2.18. The largest absolute Gasteiger partial charge is 0.376 e. The van der Waals surface area contributed by atoms with Crippen LogP contribution in [0.25, 0.3) is 10.9 Å². The van der Waals surface area contributed by atoms with Gasteiger partial charge in [0.1, 0.15) is 0 Å². The molecule has 2 amide bonds. The minimum atomic E-state index is -0.201. The molecule has 0 radical (unpaired) electrons. The molecule has 0 saturated carbocycles. The van der Waals surface area contributed by atoms with Gasteiger partial charge in [0.05, 0.1) is 17.4 Å². The lowest BCUT2D eigenvalue weighted by atomic mass is 10.1. The number of ether oxygens (including phenoxy) is 1. The lowest BCUT2D eigenvalue weighted by Gasteiger charge is -2.14. The third-order valence-corrected chi connectivity index (χ3v) is 5.22. The first kappa shape index (κ1) is 19.2. The summed E-state index contributed by atoms with van der Waals surface area (Å²) in [6, 6.07) is 17.2. The molecule has 1 unspecified atom stereocenters. The van der Waals surface area contributed by atoms with E-state index in [-0.39, 0.29) is 17.9 Å². The highest BCUT2D eigenvalue weighted by atomic mass is 16.5. The molecule has 0 spiro atoms. The second kappa shape index (κ2) is 8.92. The molecule has 6 nitrogen and oxygen atoms in total. The first-order valence-corrected chi connectivity index (χ1v) is 10.0. The van der Waals surface area contributed by atoms with E-state index in [4.69, 9.17) is 4.74 Å². The van der Waals surface area contributed by atoms with Crippen LogP contribution in [0.4, 0.5) is 5.69 Å². The fourth-order valence-corrected chi connectivity index (χ4v) is 3.67. The Labute approximate surface area is 169 Å². The van der Waals surface area contributed by atoms with Crippen LogP contribution in [0.2, 0.25) is 0 Å². The van der Waals surface area contributed by atoms with Gasteiger partial charge in [0, 0.05) is 37.8 Å². The Morgan fingerprint density at radius 3 is 2.76 bits per heavy atom. The summed E-state index contributed by atoms with van der Waals surface area (Å²) in [5, 5.41) is 6.95. The topological polar surface area (TPSA) is 72.4 Å². The van der Waals surface area contributed by atoms with Crippen molar-refractivity contribution in [3.05, 3.63) is 66.4 Å². The summed E-state index contributed by atoms with van der Waals surface area (Å²) in [6.45, 7) is 1.82. The number of carbonyl (C=O) groups is 2. The van der Waals surface area contributed by atoms with Crippen LogP contribution in [0.15, 0.2) is 60.8 Å². The molecule has 2 aromatic carbocycles. The van der Waals surface area contributed by atoms with Crippen molar-refractivity contribution in [1.29, 1.82) is 0 Å². The molecule has 150 valence electrons. The highest BCUT2D eigenvalue weighted by Gasteiger charge is 2.18. The van der Waals surface area contributed by atoms with Gasteiger partial charge < -0.3 is 19.9 Å². The van der Waals surface area contributed by atoms with E-state index in [1.54, 1.807) is 18.2 Å². The Kier molecular flexibility index (Phi) is 5.91. The van der Waals surface area contributed by atoms with E-state index in [2.05, 4.69) is 21.3 Å². The molecule has 1 aliphatic rings. The van der Waals surface area contributed by atoms with Crippen LogP contribution in [0.3, 0.4) is 0 Å². The minimum Gasteiger partial charge on any atom is -0.376 e. The predicted octanol–water partition coefficient (Wildman–Crippen LogP) is 3.58. The zero-order valence-electron chi connectivity index (χ0n) is 16.3. The monoisotopic (exact) mass is 391 g/mol. The summed E-state index contributed by atoms with van der Waals surface area (Å²) in [6.07, 6.45) is 4.39. The number of benzene rings is 2. The van der Waals surface area contributed by atoms with Crippen LogP contribution < -0.4 is 10.6 Å². The zero-order chi connectivity index (χ0) is 20.1. The van der Waals surface area contributed by atoms with E-state index in [0.29, 0.717) is 30.8 Å². The molecule has 1 fully saturated rings. The number of fused-ring (bicyclic) bond motifs is 1. The Balaban J connectivity index is 1.36. The molecule has 2 heterocycles. The third-order valence-electron chi connectivity index (χ3n) is 5.22. The quantitative estimate of drug-likeness (QED) is 0.647. The zero-order valence-corrected chi connectivity index (χ0v) is 16.3. The number of aryl methyl sites for hydroxylation is 1. The van der Waals surface area contributed by atoms with Crippen molar-refractivity contribution in [2.24, 2.45) is 0 Å². The van der Waals surface area contributed by atoms with Gasteiger partial charge in [-0.05, 0) is 42.5 Å². The number of rotatable bonds is 7.